The number of hydroxylamine groups is 2. The van der Waals surface area contributed by atoms with Crippen molar-refractivity contribution in [2.24, 2.45) is 0 Å². The summed E-state index contributed by atoms with van der Waals surface area (Å²) in [5.74, 6) is 0. The van der Waals surface area contributed by atoms with E-state index in [1.54, 1.807) is 31.9 Å². The first-order valence-electron chi connectivity index (χ1n) is 10.7. The van der Waals surface area contributed by atoms with Gasteiger partial charge in [-0.2, -0.15) is 14.8 Å². The minimum atomic E-state index is -0.654. The zero-order valence-electron chi connectivity index (χ0n) is 19.1. The predicted octanol–water partition coefficient (Wildman–Crippen LogP) is 2.56. The number of carbonyl (C=O) groups excluding carboxylic acids is 3. The van der Waals surface area contributed by atoms with Crippen molar-refractivity contribution in [2.45, 2.75) is 45.1 Å². The van der Waals surface area contributed by atoms with E-state index in [-0.39, 0.29) is 19.2 Å². The van der Waals surface area contributed by atoms with Gasteiger partial charge in [-0.05, 0) is 26.3 Å². The molecule has 11 heteroatoms. The van der Waals surface area contributed by atoms with Crippen molar-refractivity contribution in [3.8, 4) is 0 Å². The van der Waals surface area contributed by atoms with Crippen LogP contribution in [-0.4, -0.2) is 63.6 Å². The largest absolute Gasteiger partial charge is 0.444 e. The second-order valence-corrected chi connectivity index (χ2v) is 8.90. The number of amides is 4. The van der Waals surface area contributed by atoms with Gasteiger partial charge in [-0.1, -0.05) is 30.3 Å². The maximum absolute atomic E-state index is 13.2. The fourth-order valence-electron chi connectivity index (χ4n) is 3.93. The summed E-state index contributed by atoms with van der Waals surface area (Å²) in [6.07, 6.45) is 1.01. The highest BCUT2D eigenvalue weighted by atomic mass is 16.7. The number of alkyl carbamates (subject to hydrolysis) is 1. The normalized spacial score (nSPS) is 19.3. The van der Waals surface area contributed by atoms with Crippen molar-refractivity contribution in [2.75, 3.05) is 20.1 Å². The predicted molar refractivity (Wildman–Crippen MR) is 117 cm³/mol. The van der Waals surface area contributed by atoms with Gasteiger partial charge in [0.25, 0.3) is 0 Å². The van der Waals surface area contributed by atoms with Gasteiger partial charge in [-0.15, -0.1) is 0 Å². The van der Waals surface area contributed by atoms with E-state index in [2.05, 4.69) is 15.7 Å². The molecule has 4 amide bonds. The van der Waals surface area contributed by atoms with Crippen LogP contribution in [0.4, 0.5) is 14.4 Å². The number of urea groups is 1. The molecular formula is C22H28N6O5. The number of aromatic nitrogens is 2. The van der Waals surface area contributed by atoms with Gasteiger partial charge in [0, 0.05) is 25.4 Å². The van der Waals surface area contributed by atoms with Crippen LogP contribution in [0.2, 0.25) is 0 Å². The van der Waals surface area contributed by atoms with E-state index in [1.165, 1.54) is 16.8 Å². The Kier molecular flexibility index (Phi) is 5.98. The maximum Gasteiger partial charge on any atom is 0.407 e. The number of nitrogens with one attached hydrogen (secondary N) is 2. The second kappa shape index (κ2) is 8.74. The summed E-state index contributed by atoms with van der Waals surface area (Å²) in [5, 5.41) is 11.0. The summed E-state index contributed by atoms with van der Waals surface area (Å²) in [4.78, 5) is 45.1. The van der Waals surface area contributed by atoms with E-state index < -0.39 is 29.8 Å². The Labute approximate surface area is 191 Å². The molecule has 3 heterocycles. The van der Waals surface area contributed by atoms with Crippen LogP contribution in [0.25, 0.3) is 0 Å². The highest BCUT2D eigenvalue weighted by molar-refractivity contribution is 5.79. The molecule has 1 aromatic heterocycles. The Morgan fingerprint density at radius 1 is 1.21 bits per heavy atom. The molecule has 0 spiro atoms. The maximum atomic E-state index is 13.2. The minimum absolute atomic E-state index is 0.0810. The van der Waals surface area contributed by atoms with Crippen LogP contribution in [-0.2, 0) is 16.2 Å². The third kappa shape index (κ3) is 4.63. The molecule has 2 aliphatic rings. The van der Waals surface area contributed by atoms with Crippen LogP contribution in [0.15, 0.2) is 36.5 Å². The van der Waals surface area contributed by atoms with Gasteiger partial charge in [-0.3, -0.25) is 4.84 Å². The summed E-state index contributed by atoms with van der Waals surface area (Å²) < 4.78 is 6.52. The zero-order chi connectivity index (χ0) is 23.8. The lowest BCUT2D eigenvalue weighted by atomic mass is 9.98. The Morgan fingerprint density at radius 2 is 1.94 bits per heavy atom. The van der Waals surface area contributed by atoms with Gasteiger partial charge in [0.05, 0.1) is 18.3 Å². The number of hydrogen-bond acceptors (Lipinski definition) is 6. The van der Waals surface area contributed by atoms with E-state index in [4.69, 9.17) is 9.57 Å². The topological polar surface area (TPSA) is 118 Å². The Balaban J connectivity index is 1.58. The standard InChI is InChI=1S/C22H28N6O5/c1-22(2,3)33-20(30)24-10-16-18-15(11-27(25-18)19(29)23-4)17-12-26(16)21(31)28(17)32-13-14-8-6-5-7-9-14/h5-9,11,16-17H,10,12-13H2,1-4H3,(H,23,29)(H,24,30)/t16?,17-/m1/s1. The first-order chi connectivity index (χ1) is 15.7. The second-order valence-electron chi connectivity index (χ2n) is 8.90. The molecule has 2 N–H and O–H groups in total. The summed E-state index contributed by atoms with van der Waals surface area (Å²) >= 11 is 0. The molecule has 1 saturated heterocycles. The molecule has 0 aliphatic carbocycles. The summed E-state index contributed by atoms with van der Waals surface area (Å²) in [5.41, 5.74) is 1.50. The molecule has 4 rings (SSSR count). The Bertz CT molecular complexity index is 1050. The first kappa shape index (κ1) is 22.6. The van der Waals surface area contributed by atoms with E-state index in [9.17, 15) is 14.4 Å². The van der Waals surface area contributed by atoms with Crippen molar-refractivity contribution in [3.05, 3.63) is 53.3 Å². The lowest BCUT2D eigenvalue weighted by molar-refractivity contribution is -0.141. The third-order valence-electron chi connectivity index (χ3n) is 5.38. The molecule has 2 aromatic rings. The molecule has 2 bridgehead atoms. The minimum Gasteiger partial charge on any atom is -0.444 e. The van der Waals surface area contributed by atoms with Crippen LogP contribution in [0.1, 0.15) is 49.7 Å². The highest BCUT2D eigenvalue weighted by Gasteiger charge is 2.50. The van der Waals surface area contributed by atoms with Crippen molar-refractivity contribution >= 4 is 18.2 Å². The molecular weight excluding hydrogens is 428 g/mol. The van der Waals surface area contributed by atoms with Gasteiger partial charge < -0.3 is 20.3 Å². The lowest BCUT2D eigenvalue weighted by Gasteiger charge is -2.30. The molecule has 176 valence electrons. The van der Waals surface area contributed by atoms with Gasteiger partial charge in [0.15, 0.2) is 0 Å². The fourth-order valence-corrected chi connectivity index (χ4v) is 3.93. The third-order valence-corrected chi connectivity index (χ3v) is 5.38. The van der Waals surface area contributed by atoms with E-state index in [1.807, 2.05) is 30.3 Å². The number of hydrogen-bond donors (Lipinski definition) is 2. The number of fused-ring (bicyclic) bond motifs is 4. The molecule has 1 unspecified atom stereocenters. The van der Waals surface area contributed by atoms with Crippen LogP contribution >= 0.6 is 0 Å². The molecule has 2 atom stereocenters. The van der Waals surface area contributed by atoms with Crippen molar-refractivity contribution in [3.63, 3.8) is 0 Å². The highest BCUT2D eigenvalue weighted by Crippen LogP contribution is 2.43. The fraction of sp³-hybridized carbons (Fsp3) is 0.455. The number of carbonyl (C=O) groups is 3. The Morgan fingerprint density at radius 3 is 2.61 bits per heavy atom. The molecule has 11 nitrogen and oxygen atoms in total. The SMILES string of the molecule is CNC(=O)n1cc2c(n1)C(CNC(=O)OC(C)(C)C)N1C[C@H]2N(OCc2ccccc2)C1=O. The van der Waals surface area contributed by atoms with Crippen LogP contribution < -0.4 is 10.6 Å². The number of rotatable bonds is 5. The number of nitrogens with zero attached hydrogens (tertiary/aromatic N) is 4. The first-order valence-corrected chi connectivity index (χ1v) is 10.7. The molecule has 1 fully saturated rings. The Hall–Kier alpha value is -3.60. The van der Waals surface area contributed by atoms with Gasteiger partial charge in [0.1, 0.15) is 18.2 Å². The zero-order valence-corrected chi connectivity index (χ0v) is 19.1. The van der Waals surface area contributed by atoms with Crippen LogP contribution in [0, 0.1) is 0 Å². The van der Waals surface area contributed by atoms with Crippen molar-refractivity contribution < 1.29 is 24.0 Å². The van der Waals surface area contributed by atoms with Gasteiger partial charge in [-0.25, -0.2) is 14.4 Å². The van der Waals surface area contributed by atoms with E-state index in [0.29, 0.717) is 17.8 Å². The smallest absolute Gasteiger partial charge is 0.407 e. The molecule has 0 saturated carbocycles. The van der Waals surface area contributed by atoms with Crippen LogP contribution in [0.5, 0.6) is 0 Å². The number of benzene rings is 1. The monoisotopic (exact) mass is 456 g/mol. The summed E-state index contributed by atoms with van der Waals surface area (Å²) in [6.45, 7) is 5.96. The lowest BCUT2D eigenvalue weighted by Crippen LogP contribution is -2.42. The summed E-state index contributed by atoms with van der Waals surface area (Å²) in [6, 6.07) is 7.80. The van der Waals surface area contributed by atoms with E-state index >= 15 is 0 Å². The van der Waals surface area contributed by atoms with Crippen molar-refractivity contribution in [1.82, 2.24) is 30.4 Å². The molecule has 0 radical (unpaired) electrons. The van der Waals surface area contributed by atoms with Gasteiger partial charge in [0.2, 0.25) is 0 Å². The quantitative estimate of drug-likeness (QED) is 0.714. The van der Waals surface area contributed by atoms with Crippen LogP contribution in [0.3, 0.4) is 0 Å². The molecule has 33 heavy (non-hydrogen) atoms. The average molecular weight is 457 g/mol. The summed E-state index contributed by atoms with van der Waals surface area (Å²) in [7, 11) is 1.51. The van der Waals surface area contributed by atoms with Gasteiger partial charge >= 0.3 is 18.2 Å². The molecule has 2 aliphatic heterocycles. The van der Waals surface area contributed by atoms with Crippen molar-refractivity contribution in [1.29, 1.82) is 0 Å². The number of ether oxygens (including phenoxy) is 1. The van der Waals surface area contributed by atoms with E-state index in [0.717, 1.165) is 5.56 Å². The average Bonchev–Trinajstić information content (AvgIpc) is 3.33. The molecule has 1 aromatic carbocycles.